The van der Waals surface area contributed by atoms with Crippen LogP contribution in [0, 0.1) is 0 Å². The number of hydrogen-bond acceptors (Lipinski definition) is 7. The fraction of sp³-hybridized carbons (Fsp3) is 0.571. The van der Waals surface area contributed by atoms with Crippen molar-refractivity contribution >= 4 is 17.3 Å². The molecule has 1 aromatic heterocycles. The third-order valence-electron chi connectivity index (χ3n) is 1.17. The van der Waals surface area contributed by atoms with Crippen molar-refractivity contribution in [2.75, 3.05) is 19.8 Å². The molecule has 0 saturated heterocycles. The molecule has 0 saturated carbocycles. The summed E-state index contributed by atoms with van der Waals surface area (Å²) in [5.74, 6) is -0.510. The van der Waals surface area contributed by atoms with Crippen LogP contribution >= 0.6 is 11.3 Å². The molecule has 1 aromatic rings. The summed E-state index contributed by atoms with van der Waals surface area (Å²) in [7, 11) is 0. The first kappa shape index (κ1) is 10.9. The predicted molar refractivity (Wildman–Crippen MR) is 48.4 cm³/mol. The zero-order valence-corrected chi connectivity index (χ0v) is 8.41. The molecule has 0 bridgehead atoms. The van der Waals surface area contributed by atoms with E-state index in [1.807, 2.05) is 0 Å². The molecule has 0 spiro atoms. The van der Waals surface area contributed by atoms with Crippen molar-refractivity contribution in [3.8, 4) is 5.19 Å². The first-order valence-electron chi connectivity index (χ1n) is 4.02. The van der Waals surface area contributed by atoms with Crippen LogP contribution in [-0.4, -0.2) is 41.1 Å². The third kappa shape index (κ3) is 2.93. The molecule has 0 aliphatic rings. The van der Waals surface area contributed by atoms with E-state index in [4.69, 9.17) is 14.6 Å². The van der Waals surface area contributed by atoms with Crippen LogP contribution in [0.15, 0.2) is 0 Å². The van der Waals surface area contributed by atoms with Gasteiger partial charge in [-0.25, -0.2) is 4.79 Å². The Labute approximate surface area is 84.5 Å². The van der Waals surface area contributed by atoms with Crippen molar-refractivity contribution in [1.82, 2.24) is 10.2 Å². The van der Waals surface area contributed by atoms with Gasteiger partial charge in [0.2, 0.25) is 5.01 Å². The van der Waals surface area contributed by atoms with E-state index in [-0.39, 0.29) is 23.4 Å². The maximum absolute atomic E-state index is 11.1. The number of nitrogens with zero attached hydrogens (tertiary/aromatic N) is 2. The van der Waals surface area contributed by atoms with Crippen molar-refractivity contribution in [3.05, 3.63) is 5.01 Å². The fourth-order valence-electron chi connectivity index (χ4n) is 0.676. The van der Waals surface area contributed by atoms with Crippen molar-refractivity contribution in [2.24, 2.45) is 0 Å². The third-order valence-corrected chi connectivity index (χ3v) is 1.99. The molecule has 0 unspecified atom stereocenters. The van der Waals surface area contributed by atoms with E-state index in [1.54, 1.807) is 6.92 Å². The lowest BCUT2D eigenvalue weighted by Crippen LogP contribution is -2.03. The van der Waals surface area contributed by atoms with Crippen LogP contribution in [0.3, 0.4) is 0 Å². The zero-order chi connectivity index (χ0) is 10.4. The Hall–Kier alpha value is -1.21. The number of ether oxygens (including phenoxy) is 2. The molecule has 1 rings (SSSR count). The molecule has 0 aliphatic carbocycles. The Morgan fingerprint density at radius 2 is 2.36 bits per heavy atom. The number of rotatable bonds is 5. The van der Waals surface area contributed by atoms with Gasteiger partial charge in [-0.2, -0.15) is 0 Å². The van der Waals surface area contributed by atoms with Crippen molar-refractivity contribution in [1.29, 1.82) is 0 Å². The minimum atomic E-state index is -0.510. The summed E-state index contributed by atoms with van der Waals surface area (Å²) in [6.45, 7) is 2.04. The molecular formula is C7H10N2O4S. The quantitative estimate of drug-likeness (QED) is 0.705. The molecule has 0 atom stereocenters. The highest BCUT2D eigenvalue weighted by Gasteiger charge is 2.13. The van der Waals surface area contributed by atoms with E-state index < -0.39 is 5.97 Å². The van der Waals surface area contributed by atoms with Gasteiger partial charge in [0.1, 0.15) is 6.61 Å². The van der Waals surface area contributed by atoms with Gasteiger partial charge in [-0.05, 0) is 18.3 Å². The smallest absolute Gasteiger partial charge is 0.369 e. The van der Waals surface area contributed by atoms with Crippen molar-refractivity contribution in [2.45, 2.75) is 6.92 Å². The van der Waals surface area contributed by atoms with Crippen LogP contribution in [0.25, 0.3) is 0 Å². The molecule has 1 heterocycles. The molecule has 1 N–H and O–H groups in total. The van der Waals surface area contributed by atoms with E-state index in [2.05, 4.69) is 10.2 Å². The van der Waals surface area contributed by atoms with Gasteiger partial charge in [0, 0.05) is 0 Å². The number of aliphatic hydroxyl groups excluding tert-OH is 1. The van der Waals surface area contributed by atoms with Crippen LogP contribution in [0.2, 0.25) is 0 Å². The van der Waals surface area contributed by atoms with E-state index >= 15 is 0 Å². The van der Waals surface area contributed by atoms with Gasteiger partial charge in [-0.3, -0.25) is 0 Å². The van der Waals surface area contributed by atoms with E-state index in [0.717, 1.165) is 11.3 Å². The average molecular weight is 218 g/mol. The van der Waals surface area contributed by atoms with E-state index in [1.165, 1.54) is 0 Å². The molecule has 0 radical (unpaired) electrons. The second kappa shape index (κ2) is 5.51. The molecule has 0 aliphatic heterocycles. The first-order valence-corrected chi connectivity index (χ1v) is 4.84. The van der Waals surface area contributed by atoms with Gasteiger partial charge in [0.05, 0.1) is 13.2 Å². The average Bonchev–Trinajstić information content (AvgIpc) is 2.63. The van der Waals surface area contributed by atoms with Crippen LogP contribution in [-0.2, 0) is 4.74 Å². The largest absolute Gasteiger partial charge is 0.466 e. The molecule has 78 valence electrons. The Kier molecular flexibility index (Phi) is 4.27. The highest BCUT2D eigenvalue weighted by atomic mass is 32.1. The van der Waals surface area contributed by atoms with Gasteiger partial charge in [0.25, 0.3) is 5.19 Å². The Morgan fingerprint density at radius 3 is 3.00 bits per heavy atom. The molecule has 7 heteroatoms. The lowest BCUT2D eigenvalue weighted by Gasteiger charge is -1.95. The Bertz CT molecular complexity index is 302. The van der Waals surface area contributed by atoms with Gasteiger partial charge in [-0.15, -0.1) is 5.10 Å². The van der Waals surface area contributed by atoms with Crippen LogP contribution in [0.4, 0.5) is 0 Å². The summed E-state index contributed by atoms with van der Waals surface area (Å²) in [6, 6.07) is 0. The second-order valence-corrected chi connectivity index (χ2v) is 3.11. The molecule has 0 amide bonds. The topological polar surface area (TPSA) is 81.5 Å². The highest BCUT2D eigenvalue weighted by molar-refractivity contribution is 7.14. The van der Waals surface area contributed by atoms with Crippen molar-refractivity contribution in [3.63, 3.8) is 0 Å². The Balaban J connectivity index is 2.54. The number of aliphatic hydroxyl groups is 1. The lowest BCUT2D eigenvalue weighted by atomic mass is 10.7. The van der Waals surface area contributed by atoms with Crippen molar-refractivity contribution < 1.29 is 19.4 Å². The monoisotopic (exact) mass is 218 g/mol. The number of esters is 1. The lowest BCUT2D eigenvalue weighted by molar-refractivity contribution is 0.0525. The predicted octanol–water partition coefficient (Wildman–Crippen LogP) is 0.0859. The number of hydrogen-bond donors (Lipinski definition) is 1. The maximum Gasteiger partial charge on any atom is 0.369 e. The fourth-order valence-corrected chi connectivity index (χ4v) is 1.29. The SMILES string of the molecule is CCOC(=O)c1nnc(OCCO)s1. The van der Waals surface area contributed by atoms with Crippen LogP contribution < -0.4 is 4.74 Å². The standard InChI is InChI=1S/C7H10N2O4S/c1-2-12-6(11)5-8-9-7(14-5)13-4-3-10/h10H,2-4H2,1H3. The molecule has 14 heavy (non-hydrogen) atoms. The van der Waals surface area contributed by atoms with Crippen LogP contribution in [0.5, 0.6) is 5.19 Å². The number of carbonyl (C=O) groups is 1. The highest BCUT2D eigenvalue weighted by Crippen LogP contribution is 2.18. The second-order valence-electron chi connectivity index (χ2n) is 2.17. The van der Waals surface area contributed by atoms with Gasteiger partial charge in [-0.1, -0.05) is 5.10 Å². The summed E-state index contributed by atoms with van der Waals surface area (Å²) in [5, 5.41) is 16.0. The number of carbonyl (C=O) groups excluding carboxylic acids is 1. The van der Waals surface area contributed by atoms with Gasteiger partial charge in [0.15, 0.2) is 0 Å². The minimum Gasteiger partial charge on any atom is -0.466 e. The normalized spacial score (nSPS) is 9.86. The number of aromatic nitrogens is 2. The molecule has 0 fully saturated rings. The molecule has 0 aromatic carbocycles. The van der Waals surface area contributed by atoms with Crippen LogP contribution in [0.1, 0.15) is 16.7 Å². The summed E-state index contributed by atoms with van der Waals surface area (Å²) in [4.78, 5) is 11.1. The summed E-state index contributed by atoms with van der Waals surface area (Å²) in [6.07, 6.45) is 0. The molecule has 6 nitrogen and oxygen atoms in total. The van der Waals surface area contributed by atoms with Gasteiger partial charge >= 0.3 is 5.97 Å². The summed E-state index contributed by atoms with van der Waals surface area (Å²) < 4.78 is 9.66. The first-order chi connectivity index (χ1) is 6.77. The van der Waals surface area contributed by atoms with Gasteiger partial charge < -0.3 is 14.6 Å². The van der Waals surface area contributed by atoms with E-state index in [0.29, 0.717) is 6.61 Å². The minimum absolute atomic E-state index is 0.103. The van der Waals surface area contributed by atoms with E-state index in [9.17, 15) is 4.79 Å². The maximum atomic E-state index is 11.1. The summed E-state index contributed by atoms with van der Waals surface area (Å²) >= 11 is 0.991. The molecular weight excluding hydrogens is 208 g/mol. The summed E-state index contributed by atoms with van der Waals surface area (Å²) in [5.41, 5.74) is 0. The Morgan fingerprint density at radius 1 is 1.57 bits per heavy atom. The zero-order valence-electron chi connectivity index (χ0n) is 7.60.